The number of carbonyl (C=O) groups is 2. The third-order valence-corrected chi connectivity index (χ3v) is 13.9. The Kier molecular flexibility index (Phi) is 50.5. The molecular formula is C68H113NO10. The van der Waals surface area contributed by atoms with Crippen LogP contribution in [0.15, 0.2) is 122 Å². The quantitative estimate of drug-likeness (QED) is 0.0149. The number of nitrogens with one attached hydrogen (secondary N) is 1. The lowest BCUT2D eigenvalue weighted by Gasteiger charge is -2.41. The normalized spacial score (nSPS) is 19.7. The molecule has 11 nitrogen and oxygen atoms in total. The Morgan fingerprint density at radius 2 is 0.975 bits per heavy atom. The number of esters is 1. The Bertz CT molecular complexity index is 1740. The van der Waals surface area contributed by atoms with Gasteiger partial charge in [-0.05, 0) is 96.3 Å². The number of aliphatic hydroxyl groups excluding tert-OH is 5. The maximum absolute atomic E-state index is 13.4. The van der Waals surface area contributed by atoms with E-state index in [4.69, 9.17) is 14.2 Å². The molecule has 0 aromatic carbocycles. The molecule has 0 radical (unpaired) electrons. The van der Waals surface area contributed by atoms with Gasteiger partial charge in [0, 0.05) is 6.42 Å². The van der Waals surface area contributed by atoms with Crippen LogP contribution in [-0.2, 0) is 23.8 Å². The molecule has 1 amide bonds. The summed E-state index contributed by atoms with van der Waals surface area (Å²) in [6, 6.07) is -1.05. The van der Waals surface area contributed by atoms with Crippen LogP contribution in [0, 0.1) is 0 Å². The molecule has 1 aliphatic heterocycles. The Labute approximate surface area is 480 Å². The number of ether oxygens (including phenoxy) is 3. The molecule has 1 saturated heterocycles. The largest absolute Gasteiger partial charge is 0.454 e. The fourth-order valence-electron chi connectivity index (χ4n) is 9.01. The molecule has 1 heterocycles. The van der Waals surface area contributed by atoms with Crippen LogP contribution in [0.2, 0.25) is 0 Å². The lowest BCUT2D eigenvalue weighted by Crippen LogP contribution is -2.61. The first-order valence-electron chi connectivity index (χ1n) is 31.3. The summed E-state index contributed by atoms with van der Waals surface area (Å²) in [4.78, 5) is 26.6. The zero-order valence-corrected chi connectivity index (χ0v) is 49.7. The van der Waals surface area contributed by atoms with Crippen molar-refractivity contribution in [3.63, 3.8) is 0 Å². The second-order valence-electron chi connectivity index (χ2n) is 21.1. The van der Waals surface area contributed by atoms with Crippen molar-refractivity contribution in [2.45, 2.75) is 282 Å². The molecule has 79 heavy (non-hydrogen) atoms. The van der Waals surface area contributed by atoms with Crippen molar-refractivity contribution < 1.29 is 49.3 Å². The van der Waals surface area contributed by atoms with Gasteiger partial charge in [-0.3, -0.25) is 9.59 Å². The van der Waals surface area contributed by atoms with Gasteiger partial charge in [0.1, 0.15) is 24.4 Å². The maximum atomic E-state index is 13.4. The van der Waals surface area contributed by atoms with E-state index < -0.39 is 67.4 Å². The van der Waals surface area contributed by atoms with E-state index in [9.17, 15) is 35.1 Å². The third-order valence-electron chi connectivity index (χ3n) is 13.9. The van der Waals surface area contributed by atoms with Gasteiger partial charge in [-0.1, -0.05) is 251 Å². The van der Waals surface area contributed by atoms with E-state index in [2.05, 4.69) is 129 Å². The fraction of sp³-hybridized carbons (Fsp3) is 0.676. The smallest absolute Gasteiger partial charge is 0.306 e. The van der Waals surface area contributed by atoms with Crippen molar-refractivity contribution in [1.29, 1.82) is 0 Å². The Balaban J connectivity index is 2.72. The highest BCUT2D eigenvalue weighted by Gasteiger charge is 2.47. The van der Waals surface area contributed by atoms with Gasteiger partial charge in [0.2, 0.25) is 5.91 Å². The predicted octanol–water partition coefficient (Wildman–Crippen LogP) is 15.1. The van der Waals surface area contributed by atoms with Gasteiger partial charge >= 0.3 is 5.97 Å². The van der Waals surface area contributed by atoms with Gasteiger partial charge < -0.3 is 45.1 Å². The number of allylic oxidation sites excluding steroid dienone is 19. The van der Waals surface area contributed by atoms with Gasteiger partial charge in [-0.25, -0.2) is 0 Å². The Morgan fingerprint density at radius 3 is 1.51 bits per heavy atom. The SMILES string of the molecule is CC/C=C\C/C=C\C/C=C\C/C=C\C/C=C\C/C=C\CCCCCC(O)C(=O)NC(COC1OC(CO)C(O)C(O)C1OC(=O)CCCCCCCCC/C=C/C=C/C=C/CC)C(O)/C=C/CCCCCCCCCCCCC. The second kappa shape index (κ2) is 54.6. The topological polar surface area (TPSA) is 175 Å². The van der Waals surface area contributed by atoms with Crippen LogP contribution in [-0.4, -0.2) is 99.6 Å². The van der Waals surface area contributed by atoms with Crippen molar-refractivity contribution >= 4 is 11.9 Å². The number of unbranched alkanes of at least 4 members (excludes halogenated alkanes) is 21. The predicted molar refractivity (Wildman–Crippen MR) is 328 cm³/mol. The summed E-state index contributed by atoms with van der Waals surface area (Å²) in [5.41, 5.74) is 0. The molecule has 450 valence electrons. The summed E-state index contributed by atoms with van der Waals surface area (Å²) in [5.74, 6) is -1.24. The maximum Gasteiger partial charge on any atom is 0.306 e. The zero-order valence-electron chi connectivity index (χ0n) is 49.7. The minimum atomic E-state index is -1.63. The van der Waals surface area contributed by atoms with Crippen LogP contribution in [0.25, 0.3) is 0 Å². The van der Waals surface area contributed by atoms with Crippen LogP contribution in [0.1, 0.15) is 233 Å². The van der Waals surface area contributed by atoms with E-state index in [0.29, 0.717) is 12.8 Å². The van der Waals surface area contributed by atoms with Gasteiger partial charge in [-0.2, -0.15) is 0 Å². The molecule has 0 aromatic heterocycles. The number of amides is 1. The van der Waals surface area contributed by atoms with E-state index in [1.807, 2.05) is 12.2 Å². The molecule has 0 aromatic rings. The first-order valence-corrected chi connectivity index (χ1v) is 31.3. The molecule has 8 unspecified atom stereocenters. The lowest BCUT2D eigenvalue weighted by atomic mass is 9.99. The number of hydrogen-bond donors (Lipinski definition) is 6. The Morgan fingerprint density at radius 1 is 0.519 bits per heavy atom. The lowest BCUT2D eigenvalue weighted by molar-refractivity contribution is -0.305. The average Bonchev–Trinajstić information content (AvgIpc) is 3.49. The number of carbonyl (C=O) groups excluding carboxylic acids is 2. The van der Waals surface area contributed by atoms with E-state index in [1.165, 1.54) is 51.4 Å². The van der Waals surface area contributed by atoms with Crippen LogP contribution >= 0.6 is 0 Å². The van der Waals surface area contributed by atoms with E-state index in [1.54, 1.807) is 6.08 Å². The van der Waals surface area contributed by atoms with E-state index >= 15 is 0 Å². The monoisotopic (exact) mass is 1100 g/mol. The van der Waals surface area contributed by atoms with E-state index in [0.717, 1.165) is 135 Å². The molecule has 6 N–H and O–H groups in total. The number of hydrogen-bond acceptors (Lipinski definition) is 10. The molecule has 1 fully saturated rings. The minimum absolute atomic E-state index is 0.100. The van der Waals surface area contributed by atoms with Crippen molar-refractivity contribution in [2.24, 2.45) is 0 Å². The summed E-state index contributed by atoms with van der Waals surface area (Å²) >= 11 is 0. The van der Waals surface area contributed by atoms with Crippen molar-refractivity contribution in [1.82, 2.24) is 5.32 Å². The highest BCUT2D eigenvalue weighted by atomic mass is 16.7. The summed E-state index contributed by atoms with van der Waals surface area (Å²) < 4.78 is 17.6. The molecule has 8 atom stereocenters. The summed E-state index contributed by atoms with van der Waals surface area (Å²) in [6.07, 6.45) is 65.1. The van der Waals surface area contributed by atoms with Gasteiger partial charge in [0.05, 0.1) is 25.4 Å². The van der Waals surface area contributed by atoms with Gasteiger partial charge in [0.25, 0.3) is 0 Å². The summed E-state index contributed by atoms with van der Waals surface area (Å²) in [7, 11) is 0. The summed E-state index contributed by atoms with van der Waals surface area (Å²) in [5, 5.41) is 57.0. The number of rotatable bonds is 51. The van der Waals surface area contributed by atoms with Crippen LogP contribution in [0.4, 0.5) is 0 Å². The zero-order chi connectivity index (χ0) is 57.5. The van der Waals surface area contributed by atoms with Crippen molar-refractivity contribution in [2.75, 3.05) is 13.2 Å². The summed E-state index contributed by atoms with van der Waals surface area (Å²) in [6.45, 7) is 5.51. The molecule has 0 spiro atoms. The highest BCUT2D eigenvalue weighted by Crippen LogP contribution is 2.26. The molecule has 11 heteroatoms. The number of aliphatic hydroxyl groups is 5. The minimum Gasteiger partial charge on any atom is -0.454 e. The highest BCUT2D eigenvalue weighted by molar-refractivity contribution is 5.80. The van der Waals surface area contributed by atoms with E-state index in [-0.39, 0.29) is 19.4 Å². The average molecular weight is 1100 g/mol. The third kappa shape index (κ3) is 42.6. The van der Waals surface area contributed by atoms with Crippen molar-refractivity contribution in [3.05, 3.63) is 122 Å². The molecule has 0 aliphatic carbocycles. The second-order valence-corrected chi connectivity index (χ2v) is 21.1. The molecule has 1 aliphatic rings. The molecular weight excluding hydrogens is 991 g/mol. The van der Waals surface area contributed by atoms with Crippen molar-refractivity contribution in [3.8, 4) is 0 Å². The molecule has 0 bridgehead atoms. The first-order chi connectivity index (χ1) is 38.7. The Hall–Kier alpha value is -3.94. The van der Waals surface area contributed by atoms with Crippen LogP contribution < -0.4 is 5.32 Å². The van der Waals surface area contributed by atoms with Gasteiger partial charge in [-0.15, -0.1) is 0 Å². The molecule has 1 rings (SSSR count). The standard InChI is InChI=1S/C68H113NO10/c1-4-7-10-13-16-19-22-25-27-28-29-30-31-32-33-35-37-40-43-46-49-52-55-61(72)67(76)69-59(60(71)54-51-48-45-42-39-36-24-21-18-15-12-9-6-3)58-77-68-66(65(75)64(74)62(57-70)78-68)79-63(73)56-53-50-47-44-41-38-34-26-23-20-17-14-11-8-5-2/h7-8,10-11,14,16-17,19-20,23,25,27,29-30,32-33,37,40,51,54,59-62,64-66,68,70-72,74-75H,4-6,9,12-13,15,18,21-22,24,26,28,31,34-36,38-39,41-50,52-53,55-58H2,1-3H3,(H,69,76)/b10-7-,11-8+,17-14+,19-16-,23-20+,27-25-,30-29-,33-32-,40-37-,54-51+. The first kappa shape index (κ1) is 73.1. The molecule has 0 saturated carbocycles. The van der Waals surface area contributed by atoms with Crippen LogP contribution in [0.3, 0.4) is 0 Å². The van der Waals surface area contributed by atoms with Crippen LogP contribution in [0.5, 0.6) is 0 Å². The van der Waals surface area contributed by atoms with Gasteiger partial charge in [0.15, 0.2) is 12.4 Å². The fourth-order valence-corrected chi connectivity index (χ4v) is 9.01.